The molecule has 2 bridgehead atoms. The van der Waals surface area contributed by atoms with Gasteiger partial charge in [0.05, 0.1) is 10.6 Å². The van der Waals surface area contributed by atoms with E-state index < -0.39 is 20.6 Å². The van der Waals surface area contributed by atoms with E-state index in [4.69, 9.17) is 16.4 Å². The quantitative estimate of drug-likeness (QED) is 0.507. The van der Waals surface area contributed by atoms with Crippen LogP contribution in [-0.4, -0.2) is 29.2 Å². The minimum atomic E-state index is -3.27. The summed E-state index contributed by atoms with van der Waals surface area (Å²) < 4.78 is 25.4. The number of fused-ring (bicyclic) bond motifs is 3. The predicted octanol–water partition coefficient (Wildman–Crippen LogP) is 2.10. The topological polar surface area (TPSA) is 49.7 Å². The zero-order valence-corrected chi connectivity index (χ0v) is 12.4. The van der Waals surface area contributed by atoms with Gasteiger partial charge < -0.3 is 0 Å². The third-order valence-corrected chi connectivity index (χ3v) is 8.77. The highest BCUT2D eigenvalue weighted by molar-refractivity contribution is 7.89. The second-order valence-corrected chi connectivity index (χ2v) is 9.61. The van der Waals surface area contributed by atoms with Crippen molar-refractivity contribution in [1.29, 1.82) is 0 Å². The Morgan fingerprint density at radius 1 is 1.28 bits per heavy atom. The van der Waals surface area contributed by atoms with Crippen molar-refractivity contribution in [3.63, 3.8) is 0 Å². The fourth-order valence-electron chi connectivity index (χ4n) is 5.19. The lowest BCUT2D eigenvalue weighted by Gasteiger charge is -2.42. The van der Waals surface area contributed by atoms with E-state index in [0.29, 0.717) is 12.3 Å². The smallest absolute Gasteiger partial charge is 0.239 e. The summed E-state index contributed by atoms with van der Waals surface area (Å²) in [7, 11) is -3.27. The first kappa shape index (κ1) is 11.9. The van der Waals surface area contributed by atoms with Crippen molar-refractivity contribution >= 4 is 21.6 Å². The average molecular weight is 292 g/mol. The van der Waals surface area contributed by atoms with Gasteiger partial charge in [-0.15, -0.1) is 11.6 Å². The molecule has 0 aromatic heterocycles. The largest absolute Gasteiger partial charge is 0.253 e. The molecule has 0 aromatic rings. The van der Waals surface area contributed by atoms with Crippen LogP contribution in [0.5, 0.6) is 0 Å². The molecule has 2 aliphatic carbocycles. The molecule has 2 saturated carbocycles. The molecule has 2 saturated heterocycles. The maximum atomic E-state index is 12.1. The minimum Gasteiger partial charge on any atom is -0.253 e. The van der Waals surface area contributed by atoms with Crippen molar-refractivity contribution in [1.82, 2.24) is 4.47 Å². The summed E-state index contributed by atoms with van der Waals surface area (Å²) in [5.74, 6) is 0.443. The van der Waals surface area contributed by atoms with Crippen LogP contribution in [0.1, 0.15) is 40.0 Å². The van der Waals surface area contributed by atoms with E-state index in [2.05, 4.69) is 20.8 Å². The van der Waals surface area contributed by atoms with Gasteiger partial charge in [-0.2, -0.15) is 0 Å². The molecule has 1 unspecified atom stereocenters. The molecule has 0 amide bonds. The predicted molar refractivity (Wildman–Crippen MR) is 67.3 cm³/mol. The maximum absolute atomic E-state index is 12.1. The number of hydrogen-bond donors (Lipinski definition) is 0. The second kappa shape index (κ2) is 2.65. The molecule has 6 heteroatoms. The number of halogens is 1. The molecule has 4 fully saturated rings. The summed E-state index contributed by atoms with van der Waals surface area (Å²) in [6.07, 6.45) is 2.58. The summed E-state index contributed by atoms with van der Waals surface area (Å²) >= 11 is 6.92. The van der Waals surface area contributed by atoms with Gasteiger partial charge in [-0.1, -0.05) is 20.8 Å². The molecule has 0 N–H and O–H groups in total. The highest BCUT2D eigenvalue weighted by Crippen LogP contribution is 2.83. The van der Waals surface area contributed by atoms with Gasteiger partial charge in [-0.3, -0.25) is 4.84 Å². The number of rotatable bonds is 0. The summed E-state index contributed by atoms with van der Waals surface area (Å²) in [5.41, 5.74) is -0.936. The van der Waals surface area contributed by atoms with Gasteiger partial charge in [0, 0.05) is 5.41 Å². The Labute approximate surface area is 113 Å². The van der Waals surface area contributed by atoms with Crippen molar-refractivity contribution in [2.45, 2.75) is 50.6 Å². The molecule has 4 aliphatic rings. The first-order valence-corrected chi connectivity index (χ1v) is 8.53. The van der Waals surface area contributed by atoms with Gasteiger partial charge in [0.15, 0.2) is 0 Å². The van der Waals surface area contributed by atoms with Crippen LogP contribution in [0.2, 0.25) is 0 Å². The van der Waals surface area contributed by atoms with E-state index in [-0.39, 0.29) is 16.6 Å². The van der Waals surface area contributed by atoms with Gasteiger partial charge >= 0.3 is 0 Å². The Hall–Kier alpha value is 0.160. The monoisotopic (exact) mass is 291 g/mol. The van der Waals surface area contributed by atoms with Gasteiger partial charge in [-0.25, -0.2) is 8.42 Å². The lowest BCUT2D eigenvalue weighted by molar-refractivity contribution is 0.0586. The van der Waals surface area contributed by atoms with Crippen LogP contribution in [-0.2, 0) is 14.9 Å². The van der Waals surface area contributed by atoms with Crippen molar-refractivity contribution in [2.24, 2.45) is 16.7 Å². The highest BCUT2D eigenvalue weighted by atomic mass is 35.5. The van der Waals surface area contributed by atoms with Gasteiger partial charge in [0.1, 0.15) is 0 Å². The Kier molecular flexibility index (Phi) is 1.76. The molecule has 18 heavy (non-hydrogen) atoms. The Morgan fingerprint density at radius 2 is 1.94 bits per heavy atom. The molecular formula is C12H18ClNO3S. The second-order valence-electron chi connectivity index (χ2n) is 7.04. The van der Waals surface area contributed by atoms with Crippen LogP contribution in [0.3, 0.4) is 0 Å². The van der Waals surface area contributed by atoms with E-state index in [1.165, 1.54) is 4.47 Å². The zero-order chi connectivity index (χ0) is 13.2. The molecule has 102 valence electrons. The Morgan fingerprint density at radius 3 is 2.61 bits per heavy atom. The number of hydroxylamine groups is 1. The van der Waals surface area contributed by atoms with E-state index in [9.17, 15) is 8.42 Å². The van der Waals surface area contributed by atoms with Gasteiger partial charge in [0.25, 0.3) is 0 Å². The van der Waals surface area contributed by atoms with Crippen LogP contribution in [0.25, 0.3) is 0 Å². The van der Waals surface area contributed by atoms with Gasteiger partial charge in [0.2, 0.25) is 15.7 Å². The maximum Gasteiger partial charge on any atom is 0.239 e. The fourth-order valence-corrected chi connectivity index (χ4v) is 7.87. The third kappa shape index (κ3) is 0.823. The zero-order valence-electron chi connectivity index (χ0n) is 10.9. The fraction of sp³-hybridized carbons (Fsp3) is 1.00. The minimum absolute atomic E-state index is 0.0172. The average Bonchev–Trinajstić information content (AvgIpc) is 2.95. The molecule has 2 aliphatic heterocycles. The van der Waals surface area contributed by atoms with Crippen molar-refractivity contribution in [3.8, 4) is 0 Å². The summed E-state index contributed by atoms with van der Waals surface area (Å²) in [6.45, 7) is 6.58. The van der Waals surface area contributed by atoms with Gasteiger partial charge in [-0.05, 0) is 35.1 Å². The molecular weight excluding hydrogens is 274 g/mol. The van der Waals surface area contributed by atoms with Crippen LogP contribution in [0.15, 0.2) is 0 Å². The first-order valence-electron chi connectivity index (χ1n) is 6.55. The summed E-state index contributed by atoms with van der Waals surface area (Å²) in [4.78, 5) is 5.16. The van der Waals surface area contributed by atoms with Crippen LogP contribution in [0.4, 0.5) is 0 Å². The van der Waals surface area contributed by atoms with Crippen LogP contribution >= 0.6 is 11.6 Å². The molecule has 0 aromatic carbocycles. The van der Waals surface area contributed by atoms with E-state index in [1.54, 1.807) is 0 Å². The highest BCUT2D eigenvalue weighted by Gasteiger charge is 2.92. The Balaban J connectivity index is 1.98. The normalized spacial score (nSPS) is 62.2. The lowest BCUT2D eigenvalue weighted by Crippen LogP contribution is -2.56. The van der Waals surface area contributed by atoms with E-state index in [1.807, 2.05) is 0 Å². The number of alkyl halides is 1. The van der Waals surface area contributed by atoms with Crippen LogP contribution in [0, 0.1) is 16.7 Å². The molecule has 5 atom stereocenters. The lowest BCUT2D eigenvalue weighted by atomic mass is 9.68. The van der Waals surface area contributed by atoms with E-state index >= 15 is 0 Å². The van der Waals surface area contributed by atoms with Crippen molar-refractivity contribution in [3.05, 3.63) is 0 Å². The number of hydrogen-bond acceptors (Lipinski definition) is 3. The molecule has 4 rings (SSSR count). The summed E-state index contributed by atoms with van der Waals surface area (Å²) in [6, 6.07) is 0. The van der Waals surface area contributed by atoms with Crippen LogP contribution < -0.4 is 0 Å². The molecule has 0 radical (unpaired) electrons. The van der Waals surface area contributed by atoms with E-state index in [0.717, 1.165) is 12.8 Å². The van der Waals surface area contributed by atoms with Crippen molar-refractivity contribution < 1.29 is 13.3 Å². The standard InChI is InChI=1S/C12H18ClNO3S/c1-9(2)8-4-5-10(9,3)12-11(8,13)6-7-18(15,16)14(12)17-12/h8H,4-7H2,1-3H3/t8-,10+,11+,12+,14?/m0/s1. The Bertz CT molecular complexity index is 562. The SMILES string of the molecule is CC1(C)[C@@H]2CC[C@@]1(C)[C@]13ON1S(=O)(=O)CC[C@@]23Cl. The first-order chi connectivity index (χ1) is 8.14. The third-order valence-electron chi connectivity index (χ3n) is 6.51. The molecule has 1 spiro atoms. The number of nitrogens with zero attached hydrogens (tertiary/aromatic N) is 1. The molecule has 2 heterocycles. The molecule has 4 nitrogen and oxygen atoms in total. The van der Waals surface area contributed by atoms with Crippen molar-refractivity contribution in [2.75, 3.05) is 5.75 Å². The number of sulfonamides is 1. The summed E-state index contributed by atoms with van der Waals surface area (Å²) in [5, 5.41) is 0.